The molecule has 0 aliphatic heterocycles. The van der Waals surface area contributed by atoms with Gasteiger partial charge in [0, 0.05) is 11.3 Å². The average molecular weight is 397 g/mol. The molecule has 0 saturated carbocycles. The zero-order chi connectivity index (χ0) is 19.7. The van der Waals surface area contributed by atoms with Crippen LogP contribution in [0.1, 0.15) is 24.5 Å². The van der Waals surface area contributed by atoms with E-state index in [2.05, 4.69) is 0 Å². The molecule has 27 heavy (non-hydrogen) atoms. The molecule has 0 spiro atoms. The predicted molar refractivity (Wildman–Crippen MR) is 102 cm³/mol. The highest BCUT2D eigenvalue weighted by molar-refractivity contribution is 8.00. The van der Waals surface area contributed by atoms with Crippen molar-refractivity contribution in [2.45, 2.75) is 30.4 Å². The van der Waals surface area contributed by atoms with Gasteiger partial charge in [0.2, 0.25) is 0 Å². The smallest absolute Gasteiger partial charge is 0.446 e. The monoisotopic (exact) mass is 397 g/mol. The molecular formula is C20H22F3NO2S. The van der Waals surface area contributed by atoms with Gasteiger partial charge in [-0.3, -0.25) is 0 Å². The first-order valence-corrected chi connectivity index (χ1v) is 9.32. The highest BCUT2D eigenvalue weighted by Gasteiger charge is 2.28. The fourth-order valence-corrected chi connectivity index (χ4v) is 2.85. The standard InChI is InChI=1S/C20H22F3NO2S/c1-2-25-18(11-12-24)13-15-3-7-17(8-4-15)26-14-16-5-9-19(10-6-16)27-20(21,22)23/h3-10,13H,2,11-12,14,24H2,1H3. The summed E-state index contributed by atoms with van der Waals surface area (Å²) in [7, 11) is 0. The molecule has 0 unspecified atom stereocenters. The molecule has 0 aliphatic rings. The van der Waals surface area contributed by atoms with Crippen LogP contribution in [0.4, 0.5) is 13.2 Å². The van der Waals surface area contributed by atoms with Crippen molar-refractivity contribution in [3.8, 4) is 5.75 Å². The Balaban J connectivity index is 1.92. The third kappa shape index (κ3) is 7.97. The molecule has 2 rings (SSSR count). The molecule has 0 aliphatic carbocycles. The number of ether oxygens (including phenoxy) is 2. The van der Waals surface area contributed by atoms with Crippen LogP contribution in [0.5, 0.6) is 5.75 Å². The number of hydrogen-bond acceptors (Lipinski definition) is 4. The summed E-state index contributed by atoms with van der Waals surface area (Å²) in [5.74, 6) is 1.52. The molecule has 2 aromatic rings. The maximum atomic E-state index is 12.3. The SMILES string of the molecule is CCOC(=Cc1ccc(OCc2ccc(SC(F)(F)F)cc2)cc1)CCN. The lowest BCUT2D eigenvalue weighted by atomic mass is 10.1. The second-order valence-electron chi connectivity index (χ2n) is 5.63. The van der Waals surface area contributed by atoms with E-state index in [1.54, 1.807) is 12.1 Å². The van der Waals surface area contributed by atoms with E-state index in [9.17, 15) is 13.2 Å². The van der Waals surface area contributed by atoms with Crippen LogP contribution in [0.25, 0.3) is 6.08 Å². The van der Waals surface area contributed by atoms with Gasteiger partial charge in [-0.1, -0.05) is 24.3 Å². The van der Waals surface area contributed by atoms with Gasteiger partial charge in [-0.25, -0.2) is 0 Å². The summed E-state index contributed by atoms with van der Waals surface area (Å²) >= 11 is -0.127. The zero-order valence-corrected chi connectivity index (χ0v) is 15.8. The Morgan fingerprint density at radius 2 is 1.74 bits per heavy atom. The van der Waals surface area contributed by atoms with E-state index in [-0.39, 0.29) is 23.3 Å². The third-order valence-corrected chi connectivity index (χ3v) is 4.23. The summed E-state index contributed by atoms with van der Waals surface area (Å²) in [4.78, 5) is 0.157. The minimum Gasteiger partial charge on any atom is -0.498 e. The molecule has 0 aromatic heterocycles. The van der Waals surface area contributed by atoms with Gasteiger partial charge in [0.1, 0.15) is 12.4 Å². The number of benzene rings is 2. The molecule has 3 nitrogen and oxygen atoms in total. The number of nitrogens with two attached hydrogens (primary N) is 1. The van der Waals surface area contributed by atoms with Gasteiger partial charge in [0.05, 0.1) is 12.4 Å². The fourth-order valence-electron chi connectivity index (χ4n) is 2.31. The summed E-state index contributed by atoms with van der Waals surface area (Å²) < 4.78 is 48.2. The van der Waals surface area contributed by atoms with Gasteiger partial charge in [-0.05, 0) is 66.7 Å². The minimum atomic E-state index is -4.28. The van der Waals surface area contributed by atoms with Crippen molar-refractivity contribution in [3.63, 3.8) is 0 Å². The summed E-state index contributed by atoms with van der Waals surface area (Å²) in [6.07, 6.45) is 2.62. The van der Waals surface area contributed by atoms with Crippen LogP contribution in [-0.2, 0) is 11.3 Å². The Kier molecular flexibility index (Phi) is 8.06. The van der Waals surface area contributed by atoms with Crippen LogP contribution in [0.2, 0.25) is 0 Å². The van der Waals surface area contributed by atoms with E-state index >= 15 is 0 Å². The van der Waals surface area contributed by atoms with Gasteiger partial charge < -0.3 is 15.2 Å². The third-order valence-electron chi connectivity index (χ3n) is 3.49. The maximum absolute atomic E-state index is 12.3. The normalized spacial score (nSPS) is 12.1. The summed E-state index contributed by atoms with van der Waals surface area (Å²) in [5, 5.41) is 0. The molecule has 0 saturated heterocycles. The first-order valence-electron chi connectivity index (χ1n) is 8.50. The maximum Gasteiger partial charge on any atom is 0.446 e. The van der Waals surface area contributed by atoms with Gasteiger partial charge in [0.15, 0.2) is 0 Å². The molecule has 0 amide bonds. The molecule has 0 radical (unpaired) electrons. The number of halogens is 3. The molecule has 0 heterocycles. The van der Waals surface area contributed by atoms with E-state index in [0.717, 1.165) is 16.9 Å². The lowest BCUT2D eigenvalue weighted by molar-refractivity contribution is -0.0328. The van der Waals surface area contributed by atoms with Crippen LogP contribution in [0.15, 0.2) is 59.2 Å². The number of alkyl halides is 3. The summed E-state index contributed by atoms with van der Waals surface area (Å²) in [5.41, 5.74) is 3.07. The van der Waals surface area contributed by atoms with Crippen molar-refractivity contribution < 1.29 is 22.6 Å². The number of rotatable bonds is 9. The molecule has 146 valence electrons. The van der Waals surface area contributed by atoms with Crippen molar-refractivity contribution >= 4 is 17.8 Å². The van der Waals surface area contributed by atoms with Crippen LogP contribution in [0, 0.1) is 0 Å². The second-order valence-corrected chi connectivity index (χ2v) is 6.77. The van der Waals surface area contributed by atoms with Crippen LogP contribution >= 0.6 is 11.8 Å². The van der Waals surface area contributed by atoms with Crippen molar-refractivity contribution in [2.75, 3.05) is 13.2 Å². The van der Waals surface area contributed by atoms with E-state index in [0.29, 0.717) is 25.3 Å². The van der Waals surface area contributed by atoms with E-state index in [1.807, 2.05) is 37.3 Å². The average Bonchev–Trinajstić information content (AvgIpc) is 2.61. The largest absolute Gasteiger partial charge is 0.498 e. The van der Waals surface area contributed by atoms with E-state index in [4.69, 9.17) is 15.2 Å². The van der Waals surface area contributed by atoms with Gasteiger partial charge in [-0.15, -0.1) is 0 Å². The van der Waals surface area contributed by atoms with Crippen LogP contribution in [-0.4, -0.2) is 18.7 Å². The van der Waals surface area contributed by atoms with Gasteiger partial charge in [0.25, 0.3) is 0 Å². The molecular weight excluding hydrogens is 375 g/mol. The number of hydrogen-bond donors (Lipinski definition) is 1. The molecule has 2 aromatic carbocycles. The first-order chi connectivity index (χ1) is 12.9. The Morgan fingerprint density at radius 1 is 1.07 bits per heavy atom. The van der Waals surface area contributed by atoms with Gasteiger partial charge >= 0.3 is 5.51 Å². The Hall–Kier alpha value is -2.12. The Bertz CT molecular complexity index is 720. The highest BCUT2D eigenvalue weighted by atomic mass is 32.2. The lowest BCUT2D eigenvalue weighted by Crippen LogP contribution is -2.02. The van der Waals surface area contributed by atoms with Crippen molar-refractivity contribution in [3.05, 3.63) is 65.4 Å². The second kappa shape index (κ2) is 10.3. The fraction of sp³-hybridized carbons (Fsp3) is 0.300. The molecule has 0 fully saturated rings. The first kappa shape index (κ1) is 21.2. The van der Waals surface area contributed by atoms with Crippen molar-refractivity contribution in [2.24, 2.45) is 5.73 Å². The Morgan fingerprint density at radius 3 is 2.30 bits per heavy atom. The minimum absolute atomic E-state index is 0.127. The van der Waals surface area contributed by atoms with Crippen LogP contribution in [0.3, 0.4) is 0 Å². The summed E-state index contributed by atoms with van der Waals surface area (Å²) in [6, 6.07) is 13.6. The molecule has 0 atom stereocenters. The lowest BCUT2D eigenvalue weighted by Gasteiger charge is -2.09. The van der Waals surface area contributed by atoms with Gasteiger partial charge in [-0.2, -0.15) is 13.2 Å². The van der Waals surface area contributed by atoms with E-state index in [1.165, 1.54) is 12.1 Å². The predicted octanol–water partition coefficient (Wildman–Crippen LogP) is 5.60. The quantitative estimate of drug-likeness (QED) is 0.442. The zero-order valence-electron chi connectivity index (χ0n) is 15.0. The molecule has 0 bridgehead atoms. The Labute approximate surface area is 161 Å². The van der Waals surface area contributed by atoms with E-state index < -0.39 is 5.51 Å². The molecule has 7 heteroatoms. The van der Waals surface area contributed by atoms with Crippen molar-refractivity contribution in [1.82, 2.24) is 0 Å². The molecule has 2 N–H and O–H groups in total. The number of thioether (sulfide) groups is 1. The summed E-state index contributed by atoms with van der Waals surface area (Å²) in [6.45, 7) is 3.32. The highest BCUT2D eigenvalue weighted by Crippen LogP contribution is 2.36. The van der Waals surface area contributed by atoms with Crippen LogP contribution < -0.4 is 10.5 Å². The topological polar surface area (TPSA) is 44.5 Å². The van der Waals surface area contributed by atoms with Crippen molar-refractivity contribution in [1.29, 1.82) is 0 Å².